The van der Waals surface area contributed by atoms with E-state index in [0.717, 1.165) is 49.5 Å². The Morgan fingerprint density at radius 3 is 2.88 bits per heavy atom. The normalized spacial score (nSPS) is 17.1. The molecule has 1 aliphatic rings. The molecule has 1 aromatic heterocycles. The third-order valence-corrected chi connectivity index (χ3v) is 5.24. The van der Waals surface area contributed by atoms with Gasteiger partial charge < -0.3 is 14.0 Å². The molecule has 0 spiro atoms. The molecular formula is C22H26N2O2. The minimum atomic E-state index is 0.127. The summed E-state index contributed by atoms with van der Waals surface area (Å²) in [5.41, 5.74) is 4.72. The largest absolute Gasteiger partial charge is 0.493 e. The highest BCUT2D eigenvalue weighted by Crippen LogP contribution is 2.30. The summed E-state index contributed by atoms with van der Waals surface area (Å²) in [4.78, 5) is 4.85. The second kappa shape index (κ2) is 7.50. The molecule has 1 atom stereocenters. The lowest BCUT2D eigenvalue weighted by atomic mass is 10.1. The summed E-state index contributed by atoms with van der Waals surface area (Å²) in [7, 11) is 0. The molecule has 1 saturated heterocycles. The quantitative estimate of drug-likeness (QED) is 0.589. The Balaban J connectivity index is 1.48. The summed E-state index contributed by atoms with van der Waals surface area (Å²) >= 11 is 0. The fraction of sp³-hybridized carbons (Fsp3) is 0.409. The molecule has 1 aliphatic heterocycles. The SMILES string of the molecule is Cc1cccc(OCCCn2c(C3CCCO3)nc3ccccc32)c1C. The molecule has 0 amide bonds. The van der Waals surface area contributed by atoms with Crippen LogP contribution in [0.4, 0.5) is 0 Å². The van der Waals surface area contributed by atoms with Crippen molar-refractivity contribution in [1.29, 1.82) is 0 Å². The van der Waals surface area contributed by atoms with Crippen molar-refractivity contribution in [1.82, 2.24) is 9.55 Å². The first-order chi connectivity index (χ1) is 12.7. The lowest BCUT2D eigenvalue weighted by Gasteiger charge is -2.15. The van der Waals surface area contributed by atoms with Gasteiger partial charge in [-0.25, -0.2) is 4.98 Å². The Morgan fingerprint density at radius 1 is 1.15 bits per heavy atom. The first kappa shape index (κ1) is 17.1. The molecule has 4 heteroatoms. The summed E-state index contributed by atoms with van der Waals surface area (Å²) in [6.45, 7) is 6.66. The zero-order chi connectivity index (χ0) is 17.9. The molecule has 3 aromatic rings. The fourth-order valence-electron chi connectivity index (χ4n) is 3.64. The van der Waals surface area contributed by atoms with Crippen LogP contribution in [0, 0.1) is 13.8 Å². The van der Waals surface area contributed by atoms with E-state index in [9.17, 15) is 0 Å². The van der Waals surface area contributed by atoms with Crippen LogP contribution in [0.1, 0.15) is 42.3 Å². The van der Waals surface area contributed by atoms with Crippen LogP contribution in [0.2, 0.25) is 0 Å². The van der Waals surface area contributed by atoms with Crippen LogP contribution < -0.4 is 4.74 Å². The third kappa shape index (κ3) is 3.34. The number of rotatable bonds is 6. The van der Waals surface area contributed by atoms with E-state index >= 15 is 0 Å². The number of nitrogens with zero attached hydrogens (tertiary/aromatic N) is 2. The van der Waals surface area contributed by atoms with E-state index in [1.165, 1.54) is 16.6 Å². The molecule has 2 aromatic carbocycles. The zero-order valence-corrected chi connectivity index (χ0v) is 15.6. The Bertz CT molecular complexity index is 894. The van der Waals surface area contributed by atoms with Gasteiger partial charge in [0, 0.05) is 13.2 Å². The molecule has 0 saturated carbocycles. The number of para-hydroxylation sites is 2. The first-order valence-corrected chi connectivity index (χ1v) is 9.50. The Hall–Kier alpha value is -2.33. The minimum Gasteiger partial charge on any atom is -0.493 e. The van der Waals surface area contributed by atoms with E-state index in [-0.39, 0.29) is 6.10 Å². The third-order valence-electron chi connectivity index (χ3n) is 5.24. The van der Waals surface area contributed by atoms with E-state index in [0.29, 0.717) is 6.61 Å². The highest BCUT2D eigenvalue weighted by molar-refractivity contribution is 5.76. The topological polar surface area (TPSA) is 36.3 Å². The van der Waals surface area contributed by atoms with Gasteiger partial charge in [0.2, 0.25) is 0 Å². The van der Waals surface area contributed by atoms with Crippen LogP contribution >= 0.6 is 0 Å². The molecule has 2 heterocycles. The van der Waals surface area contributed by atoms with E-state index < -0.39 is 0 Å². The average Bonchev–Trinajstić information content (AvgIpc) is 3.30. The number of hydrogen-bond donors (Lipinski definition) is 0. The molecule has 136 valence electrons. The van der Waals surface area contributed by atoms with Gasteiger partial charge in [0.25, 0.3) is 0 Å². The van der Waals surface area contributed by atoms with Gasteiger partial charge in [-0.15, -0.1) is 0 Å². The highest BCUT2D eigenvalue weighted by Gasteiger charge is 2.24. The van der Waals surface area contributed by atoms with Crippen molar-refractivity contribution in [3.05, 3.63) is 59.4 Å². The number of imidazole rings is 1. The Kier molecular flexibility index (Phi) is 4.93. The van der Waals surface area contributed by atoms with Crippen molar-refractivity contribution in [2.45, 2.75) is 45.8 Å². The standard InChI is InChI=1S/C22H26N2O2/c1-16-8-5-11-20(17(16)2)25-15-7-13-24-19-10-4-3-9-18(19)23-22(24)21-12-6-14-26-21/h3-5,8-11,21H,6-7,12-15H2,1-2H3. The number of fused-ring (bicyclic) bond motifs is 1. The maximum absolute atomic E-state index is 6.03. The summed E-state index contributed by atoms with van der Waals surface area (Å²) < 4.78 is 14.2. The smallest absolute Gasteiger partial charge is 0.139 e. The van der Waals surface area contributed by atoms with Gasteiger partial charge in [-0.1, -0.05) is 24.3 Å². The summed E-state index contributed by atoms with van der Waals surface area (Å²) in [6, 6.07) is 14.6. The Labute approximate surface area is 154 Å². The predicted octanol–water partition coefficient (Wildman–Crippen LogP) is 4.97. The minimum absolute atomic E-state index is 0.127. The van der Waals surface area contributed by atoms with E-state index in [1.807, 2.05) is 12.1 Å². The molecule has 1 unspecified atom stereocenters. The van der Waals surface area contributed by atoms with Gasteiger partial charge in [0.1, 0.15) is 17.7 Å². The number of ether oxygens (including phenoxy) is 2. The van der Waals surface area contributed by atoms with Gasteiger partial charge in [-0.05, 0) is 62.4 Å². The van der Waals surface area contributed by atoms with Crippen LogP contribution in [0.3, 0.4) is 0 Å². The Morgan fingerprint density at radius 2 is 2.04 bits per heavy atom. The van der Waals surface area contributed by atoms with E-state index in [1.54, 1.807) is 0 Å². The molecule has 1 fully saturated rings. The predicted molar refractivity (Wildman–Crippen MR) is 104 cm³/mol. The van der Waals surface area contributed by atoms with Gasteiger partial charge in [-0.3, -0.25) is 0 Å². The summed E-state index contributed by atoms with van der Waals surface area (Å²) in [6.07, 6.45) is 3.24. The number of aryl methyl sites for hydroxylation is 2. The molecule has 4 nitrogen and oxygen atoms in total. The second-order valence-electron chi connectivity index (χ2n) is 7.01. The molecular weight excluding hydrogens is 324 g/mol. The summed E-state index contributed by atoms with van der Waals surface area (Å²) in [5.74, 6) is 2.05. The van der Waals surface area contributed by atoms with Crippen molar-refractivity contribution in [3.63, 3.8) is 0 Å². The molecule has 0 N–H and O–H groups in total. The van der Waals surface area contributed by atoms with Crippen molar-refractivity contribution in [3.8, 4) is 5.75 Å². The average molecular weight is 350 g/mol. The van der Waals surface area contributed by atoms with Crippen LogP contribution in [0.15, 0.2) is 42.5 Å². The number of aromatic nitrogens is 2. The van der Waals surface area contributed by atoms with E-state index in [4.69, 9.17) is 14.5 Å². The van der Waals surface area contributed by atoms with Crippen molar-refractivity contribution < 1.29 is 9.47 Å². The molecule has 26 heavy (non-hydrogen) atoms. The second-order valence-corrected chi connectivity index (χ2v) is 7.01. The maximum Gasteiger partial charge on any atom is 0.139 e. The molecule has 0 aliphatic carbocycles. The fourth-order valence-corrected chi connectivity index (χ4v) is 3.64. The van der Waals surface area contributed by atoms with E-state index in [2.05, 4.69) is 48.7 Å². The maximum atomic E-state index is 6.03. The van der Waals surface area contributed by atoms with Gasteiger partial charge in [0.15, 0.2) is 0 Å². The number of benzene rings is 2. The summed E-state index contributed by atoms with van der Waals surface area (Å²) in [5, 5.41) is 0. The lowest BCUT2D eigenvalue weighted by Crippen LogP contribution is -2.11. The van der Waals surface area contributed by atoms with Crippen LogP contribution in [0.25, 0.3) is 11.0 Å². The first-order valence-electron chi connectivity index (χ1n) is 9.50. The highest BCUT2D eigenvalue weighted by atomic mass is 16.5. The molecule has 0 bridgehead atoms. The zero-order valence-electron chi connectivity index (χ0n) is 15.6. The van der Waals surface area contributed by atoms with Gasteiger partial charge >= 0.3 is 0 Å². The van der Waals surface area contributed by atoms with Crippen molar-refractivity contribution in [2.24, 2.45) is 0 Å². The van der Waals surface area contributed by atoms with Gasteiger partial charge in [0.05, 0.1) is 17.6 Å². The molecule has 4 rings (SSSR count). The molecule has 0 radical (unpaired) electrons. The number of hydrogen-bond acceptors (Lipinski definition) is 3. The van der Waals surface area contributed by atoms with Crippen molar-refractivity contribution in [2.75, 3.05) is 13.2 Å². The van der Waals surface area contributed by atoms with Crippen molar-refractivity contribution >= 4 is 11.0 Å². The monoisotopic (exact) mass is 350 g/mol. The van der Waals surface area contributed by atoms with Crippen LogP contribution in [-0.2, 0) is 11.3 Å². The van der Waals surface area contributed by atoms with Gasteiger partial charge in [-0.2, -0.15) is 0 Å². The lowest BCUT2D eigenvalue weighted by molar-refractivity contribution is 0.102. The van der Waals surface area contributed by atoms with Crippen LogP contribution in [0.5, 0.6) is 5.75 Å². The van der Waals surface area contributed by atoms with Crippen LogP contribution in [-0.4, -0.2) is 22.8 Å².